The molecule has 1 aliphatic heterocycles. The Balaban J connectivity index is 1.69. The zero-order chi connectivity index (χ0) is 14.9. The van der Waals surface area contributed by atoms with E-state index in [2.05, 4.69) is 24.3 Å². The van der Waals surface area contributed by atoms with Crippen LogP contribution >= 0.6 is 0 Å². The number of ether oxygens (including phenoxy) is 1. The van der Waals surface area contributed by atoms with Crippen LogP contribution in [0.5, 0.6) is 0 Å². The van der Waals surface area contributed by atoms with Crippen LogP contribution in [0.3, 0.4) is 0 Å². The molecule has 22 heavy (non-hydrogen) atoms. The normalized spacial score (nSPS) is 16.2. The number of fused-ring (bicyclic) bond motifs is 1. The van der Waals surface area contributed by atoms with Gasteiger partial charge in [-0.3, -0.25) is 0 Å². The second kappa shape index (κ2) is 5.15. The molecule has 106 valence electrons. The van der Waals surface area contributed by atoms with E-state index in [0.29, 0.717) is 5.56 Å². The topological polar surface area (TPSA) is 26.3 Å². The zero-order valence-electron chi connectivity index (χ0n) is 11.9. The predicted molar refractivity (Wildman–Crippen MR) is 85.6 cm³/mol. The maximum absolute atomic E-state index is 11.9. The Bertz CT molecular complexity index is 820. The molecule has 0 N–H and O–H groups in total. The fourth-order valence-electron chi connectivity index (χ4n) is 2.87. The van der Waals surface area contributed by atoms with Crippen LogP contribution in [0.2, 0.25) is 0 Å². The van der Waals surface area contributed by atoms with Gasteiger partial charge in [0, 0.05) is 5.56 Å². The minimum atomic E-state index is -0.298. The predicted octanol–water partition coefficient (Wildman–Crippen LogP) is 4.61. The van der Waals surface area contributed by atoms with Crippen molar-refractivity contribution in [3.8, 4) is 11.1 Å². The van der Waals surface area contributed by atoms with Crippen LogP contribution in [-0.4, -0.2) is 5.97 Å². The molecule has 2 nitrogen and oxygen atoms in total. The van der Waals surface area contributed by atoms with Gasteiger partial charge in [-0.05, 0) is 22.8 Å². The molecule has 0 radical (unpaired) electrons. The number of hydrogen-bond donors (Lipinski definition) is 0. The van der Waals surface area contributed by atoms with Crippen molar-refractivity contribution in [3.05, 3.63) is 95.6 Å². The zero-order valence-corrected chi connectivity index (χ0v) is 11.9. The lowest BCUT2D eigenvalue weighted by Gasteiger charge is -2.12. The van der Waals surface area contributed by atoms with E-state index >= 15 is 0 Å². The minimum absolute atomic E-state index is 0.243. The summed E-state index contributed by atoms with van der Waals surface area (Å²) in [4.78, 5) is 11.9. The van der Waals surface area contributed by atoms with Gasteiger partial charge in [0.1, 0.15) is 0 Å². The van der Waals surface area contributed by atoms with Crippen molar-refractivity contribution in [2.75, 3.05) is 0 Å². The Kier molecular flexibility index (Phi) is 3.01. The van der Waals surface area contributed by atoms with Crippen LogP contribution in [0.15, 0.2) is 78.9 Å². The molecule has 3 aromatic carbocycles. The van der Waals surface area contributed by atoms with Crippen molar-refractivity contribution < 1.29 is 9.53 Å². The number of hydrogen-bond acceptors (Lipinski definition) is 2. The molecule has 1 aliphatic rings. The standard InChI is InChI=1S/C20H14O2/c21-20-18-9-5-4-8-17(18)19(22-20)16-12-10-15(11-13-16)14-6-2-1-3-7-14/h1-13,19H. The summed E-state index contributed by atoms with van der Waals surface area (Å²) in [6, 6.07) is 26.0. The molecule has 4 rings (SSSR count). The summed E-state index contributed by atoms with van der Waals surface area (Å²) in [5.41, 5.74) is 4.94. The van der Waals surface area contributed by atoms with Gasteiger partial charge in [-0.2, -0.15) is 0 Å². The molecule has 3 aromatic rings. The lowest BCUT2D eigenvalue weighted by molar-refractivity contribution is 0.0456. The lowest BCUT2D eigenvalue weighted by atomic mass is 9.97. The first-order chi connectivity index (χ1) is 10.8. The molecule has 0 bridgehead atoms. The maximum Gasteiger partial charge on any atom is 0.339 e. The molecular weight excluding hydrogens is 272 g/mol. The van der Waals surface area contributed by atoms with Gasteiger partial charge in [0.15, 0.2) is 6.10 Å². The summed E-state index contributed by atoms with van der Waals surface area (Å²) in [5.74, 6) is -0.243. The molecule has 0 spiro atoms. The Morgan fingerprint density at radius 2 is 1.32 bits per heavy atom. The fraction of sp³-hybridized carbons (Fsp3) is 0.0500. The van der Waals surface area contributed by atoms with E-state index in [1.807, 2.05) is 54.6 Å². The Morgan fingerprint density at radius 3 is 2.09 bits per heavy atom. The molecule has 1 atom stereocenters. The monoisotopic (exact) mass is 286 g/mol. The van der Waals surface area contributed by atoms with Gasteiger partial charge in [-0.25, -0.2) is 4.79 Å². The van der Waals surface area contributed by atoms with Gasteiger partial charge in [0.05, 0.1) is 5.56 Å². The van der Waals surface area contributed by atoms with Gasteiger partial charge < -0.3 is 4.74 Å². The van der Waals surface area contributed by atoms with Gasteiger partial charge >= 0.3 is 5.97 Å². The van der Waals surface area contributed by atoms with E-state index in [4.69, 9.17) is 4.74 Å². The van der Waals surface area contributed by atoms with Gasteiger partial charge in [0.25, 0.3) is 0 Å². The van der Waals surface area contributed by atoms with Gasteiger partial charge in [-0.15, -0.1) is 0 Å². The number of carbonyl (C=O) groups excluding carboxylic acids is 1. The second-order valence-electron chi connectivity index (χ2n) is 5.36. The Morgan fingerprint density at radius 1 is 0.682 bits per heavy atom. The summed E-state index contributed by atoms with van der Waals surface area (Å²) < 4.78 is 5.52. The summed E-state index contributed by atoms with van der Waals surface area (Å²) in [5, 5.41) is 0. The van der Waals surface area contributed by atoms with Crippen LogP contribution in [0.4, 0.5) is 0 Å². The third-order valence-corrected chi connectivity index (χ3v) is 4.01. The Hall–Kier alpha value is -2.87. The molecule has 0 aliphatic carbocycles. The molecule has 0 saturated heterocycles. The molecule has 2 heteroatoms. The largest absolute Gasteiger partial charge is 0.449 e. The molecule has 0 fully saturated rings. The summed E-state index contributed by atoms with van der Waals surface area (Å²) >= 11 is 0. The number of cyclic esters (lactones) is 1. The highest BCUT2D eigenvalue weighted by Gasteiger charge is 2.31. The Labute approximate surface area is 129 Å². The smallest absolute Gasteiger partial charge is 0.339 e. The van der Waals surface area contributed by atoms with Crippen LogP contribution < -0.4 is 0 Å². The van der Waals surface area contributed by atoms with Crippen LogP contribution in [0, 0.1) is 0 Å². The van der Waals surface area contributed by atoms with Crippen molar-refractivity contribution in [2.24, 2.45) is 0 Å². The highest BCUT2D eigenvalue weighted by atomic mass is 16.5. The van der Waals surface area contributed by atoms with Crippen molar-refractivity contribution in [1.29, 1.82) is 0 Å². The number of carbonyl (C=O) groups is 1. The van der Waals surface area contributed by atoms with E-state index in [1.54, 1.807) is 0 Å². The number of rotatable bonds is 2. The summed E-state index contributed by atoms with van der Waals surface area (Å²) in [6.45, 7) is 0. The fourth-order valence-corrected chi connectivity index (χ4v) is 2.87. The minimum Gasteiger partial charge on any atom is -0.449 e. The quantitative estimate of drug-likeness (QED) is 0.643. The van der Waals surface area contributed by atoms with Crippen LogP contribution in [0.1, 0.15) is 27.6 Å². The van der Waals surface area contributed by atoms with E-state index in [-0.39, 0.29) is 12.1 Å². The number of benzene rings is 3. The molecule has 1 heterocycles. The first-order valence-electron chi connectivity index (χ1n) is 7.28. The first kappa shape index (κ1) is 12.8. The molecular formula is C20H14O2. The van der Waals surface area contributed by atoms with E-state index < -0.39 is 0 Å². The second-order valence-corrected chi connectivity index (χ2v) is 5.36. The van der Waals surface area contributed by atoms with Crippen LogP contribution in [0.25, 0.3) is 11.1 Å². The van der Waals surface area contributed by atoms with Crippen molar-refractivity contribution in [3.63, 3.8) is 0 Å². The highest BCUT2D eigenvalue weighted by molar-refractivity contribution is 5.94. The van der Waals surface area contributed by atoms with Crippen molar-refractivity contribution in [2.45, 2.75) is 6.10 Å². The molecule has 0 amide bonds. The third kappa shape index (κ3) is 2.09. The third-order valence-electron chi connectivity index (χ3n) is 4.01. The van der Waals surface area contributed by atoms with Crippen molar-refractivity contribution in [1.82, 2.24) is 0 Å². The lowest BCUT2D eigenvalue weighted by Crippen LogP contribution is -2.00. The summed E-state index contributed by atoms with van der Waals surface area (Å²) in [7, 11) is 0. The molecule has 1 unspecified atom stereocenters. The van der Waals surface area contributed by atoms with E-state index in [0.717, 1.165) is 16.7 Å². The number of esters is 1. The average molecular weight is 286 g/mol. The maximum atomic E-state index is 11.9. The summed E-state index contributed by atoms with van der Waals surface area (Å²) in [6.07, 6.45) is -0.298. The SMILES string of the molecule is O=C1OC(c2ccc(-c3ccccc3)cc2)c2ccccc21. The van der Waals surface area contributed by atoms with E-state index in [1.165, 1.54) is 5.56 Å². The van der Waals surface area contributed by atoms with E-state index in [9.17, 15) is 4.79 Å². The van der Waals surface area contributed by atoms with Gasteiger partial charge in [-0.1, -0.05) is 72.8 Å². The highest BCUT2D eigenvalue weighted by Crippen LogP contribution is 2.36. The van der Waals surface area contributed by atoms with Crippen LogP contribution in [-0.2, 0) is 4.74 Å². The van der Waals surface area contributed by atoms with Crippen molar-refractivity contribution >= 4 is 5.97 Å². The average Bonchev–Trinajstić information content (AvgIpc) is 2.93. The molecule has 0 saturated carbocycles. The molecule has 0 aromatic heterocycles. The van der Waals surface area contributed by atoms with Gasteiger partial charge in [0.2, 0.25) is 0 Å². The first-order valence-corrected chi connectivity index (χ1v) is 7.28.